The van der Waals surface area contributed by atoms with Gasteiger partial charge in [0.1, 0.15) is 0 Å². The zero-order chi connectivity index (χ0) is 13.1. The van der Waals surface area contributed by atoms with Gasteiger partial charge in [0.2, 0.25) is 0 Å². The van der Waals surface area contributed by atoms with Gasteiger partial charge in [-0.05, 0) is 25.9 Å². The predicted octanol–water partition coefficient (Wildman–Crippen LogP) is 1.03. The third-order valence-corrected chi connectivity index (χ3v) is 4.23. The normalized spacial score (nSPS) is 28.9. The van der Waals surface area contributed by atoms with Crippen LogP contribution in [0.2, 0.25) is 0 Å². The number of nitrogens with zero attached hydrogens (tertiary/aromatic N) is 3. The number of morpholine rings is 1. The van der Waals surface area contributed by atoms with Crippen LogP contribution >= 0.6 is 0 Å². The molecular formula is C14H24N4O. The van der Waals surface area contributed by atoms with Crippen LogP contribution in [-0.4, -0.2) is 53.3 Å². The molecule has 0 amide bonds. The van der Waals surface area contributed by atoms with Crippen molar-refractivity contribution in [1.82, 2.24) is 19.8 Å². The topological polar surface area (TPSA) is 42.3 Å². The van der Waals surface area contributed by atoms with Gasteiger partial charge in [-0.3, -0.25) is 4.90 Å². The summed E-state index contributed by atoms with van der Waals surface area (Å²) in [6, 6.07) is 0.480. The number of hydrogen-bond acceptors (Lipinski definition) is 4. The standard InChI is InChI=1S/C14H24N4O/c1-2-17-6-7-19-12(9-17)10-18-11-15-8-14(18)13-4-3-5-16-13/h8,11-13,16H,2-7,9-10H2,1H3/t12?,13-/m0/s1. The van der Waals surface area contributed by atoms with Crippen molar-refractivity contribution in [2.45, 2.75) is 38.5 Å². The molecule has 2 saturated heterocycles. The second-order valence-corrected chi connectivity index (χ2v) is 5.51. The van der Waals surface area contributed by atoms with Gasteiger partial charge in [0, 0.05) is 25.3 Å². The van der Waals surface area contributed by atoms with Gasteiger partial charge in [-0.25, -0.2) is 4.98 Å². The molecule has 1 unspecified atom stereocenters. The second-order valence-electron chi connectivity index (χ2n) is 5.51. The van der Waals surface area contributed by atoms with Crippen molar-refractivity contribution in [1.29, 1.82) is 0 Å². The van der Waals surface area contributed by atoms with Crippen molar-refractivity contribution in [2.75, 3.05) is 32.8 Å². The molecular weight excluding hydrogens is 240 g/mol. The lowest BCUT2D eigenvalue weighted by atomic mass is 10.1. The highest BCUT2D eigenvalue weighted by molar-refractivity contribution is 5.07. The van der Waals surface area contributed by atoms with Crippen molar-refractivity contribution in [3.63, 3.8) is 0 Å². The summed E-state index contributed by atoms with van der Waals surface area (Å²) < 4.78 is 8.16. The fraction of sp³-hybridized carbons (Fsp3) is 0.786. The zero-order valence-electron chi connectivity index (χ0n) is 11.7. The van der Waals surface area contributed by atoms with Crippen LogP contribution in [0.15, 0.2) is 12.5 Å². The van der Waals surface area contributed by atoms with E-state index in [4.69, 9.17) is 4.74 Å². The fourth-order valence-electron chi connectivity index (χ4n) is 3.11. The van der Waals surface area contributed by atoms with Crippen LogP contribution in [0.25, 0.3) is 0 Å². The second kappa shape index (κ2) is 6.03. The zero-order valence-corrected chi connectivity index (χ0v) is 11.7. The number of ether oxygens (including phenoxy) is 1. The highest BCUT2D eigenvalue weighted by atomic mass is 16.5. The molecule has 0 radical (unpaired) electrons. The van der Waals surface area contributed by atoms with E-state index < -0.39 is 0 Å². The number of hydrogen-bond donors (Lipinski definition) is 1. The molecule has 5 nitrogen and oxygen atoms in total. The maximum Gasteiger partial charge on any atom is 0.0949 e. The Balaban J connectivity index is 1.64. The molecule has 0 bridgehead atoms. The van der Waals surface area contributed by atoms with E-state index in [0.29, 0.717) is 12.1 Å². The highest BCUT2D eigenvalue weighted by Gasteiger charge is 2.23. The van der Waals surface area contributed by atoms with Crippen LogP contribution in [0.5, 0.6) is 0 Å². The van der Waals surface area contributed by atoms with E-state index in [1.807, 2.05) is 12.5 Å². The number of rotatable bonds is 4. The lowest BCUT2D eigenvalue weighted by molar-refractivity contribution is -0.0347. The molecule has 1 N–H and O–H groups in total. The van der Waals surface area contributed by atoms with Crippen molar-refractivity contribution in [3.05, 3.63) is 18.2 Å². The third-order valence-electron chi connectivity index (χ3n) is 4.23. The van der Waals surface area contributed by atoms with Gasteiger partial charge in [0.05, 0.1) is 31.3 Å². The summed E-state index contributed by atoms with van der Waals surface area (Å²) in [6.07, 6.45) is 6.73. The van der Waals surface area contributed by atoms with Gasteiger partial charge in [-0.15, -0.1) is 0 Å². The molecule has 1 aromatic rings. The molecule has 5 heteroatoms. The van der Waals surface area contributed by atoms with Crippen LogP contribution in [-0.2, 0) is 11.3 Å². The quantitative estimate of drug-likeness (QED) is 0.882. The van der Waals surface area contributed by atoms with E-state index in [0.717, 1.165) is 39.3 Å². The first-order chi connectivity index (χ1) is 9.36. The smallest absolute Gasteiger partial charge is 0.0949 e. The SMILES string of the molecule is CCN1CCOC(Cn2cncc2[C@@H]2CCCN2)C1. The Labute approximate surface area is 114 Å². The first-order valence-electron chi connectivity index (χ1n) is 7.44. The Morgan fingerprint density at radius 1 is 1.53 bits per heavy atom. The molecule has 2 aliphatic rings. The average molecular weight is 264 g/mol. The van der Waals surface area contributed by atoms with E-state index in [2.05, 4.69) is 26.7 Å². The number of nitrogens with one attached hydrogen (secondary N) is 1. The summed E-state index contributed by atoms with van der Waals surface area (Å²) in [5.41, 5.74) is 1.31. The van der Waals surface area contributed by atoms with Crippen LogP contribution in [0.1, 0.15) is 31.5 Å². The molecule has 2 fully saturated rings. The average Bonchev–Trinajstić information content (AvgIpc) is 3.09. The molecule has 1 aromatic heterocycles. The van der Waals surface area contributed by atoms with Crippen molar-refractivity contribution < 1.29 is 4.74 Å². The van der Waals surface area contributed by atoms with Gasteiger partial charge in [-0.2, -0.15) is 0 Å². The lowest BCUT2D eigenvalue weighted by Crippen LogP contribution is -2.44. The van der Waals surface area contributed by atoms with Gasteiger partial charge in [-0.1, -0.05) is 6.92 Å². The number of aromatic nitrogens is 2. The molecule has 2 aliphatic heterocycles. The van der Waals surface area contributed by atoms with Crippen molar-refractivity contribution >= 4 is 0 Å². The summed E-state index contributed by atoms with van der Waals surface area (Å²) in [7, 11) is 0. The van der Waals surface area contributed by atoms with E-state index in [1.165, 1.54) is 18.5 Å². The Morgan fingerprint density at radius 2 is 2.47 bits per heavy atom. The Kier molecular flexibility index (Phi) is 4.15. The van der Waals surface area contributed by atoms with E-state index in [9.17, 15) is 0 Å². The lowest BCUT2D eigenvalue weighted by Gasteiger charge is -2.32. The molecule has 3 rings (SSSR count). The minimum absolute atomic E-state index is 0.294. The molecule has 106 valence electrons. The van der Waals surface area contributed by atoms with Crippen LogP contribution in [0.3, 0.4) is 0 Å². The predicted molar refractivity (Wildman–Crippen MR) is 74.1 cm³/mol. The molecule has 2 atom stereocenters. The van der Waals surface area contributed by atoms with E-state index >= 15 is 0 Å². The maximum atomic E-state index is 5.89. The molecule has 3 heterocycles. The summed E-state index contributed by atoms with van der Waals surface area (Å²) in [5.74, 6) is 0. The maximum absolute atomic E-state index is 5.89. The molecule has 0 spiro atoms. The minimum atomic E-state index is 0.294. The monoisotopic (exact) mass is 264 g/mol. The van der Waals surface area contributed by atoms with Crippen LogP contribution < -0.4 is 5.32 Å². The summed E-state index contributed by atoms with van der Waals surface area (Å²) in [6.45, 7) is 8.32. The third kappa shape index (κ3) is 2.99. The van der Waals surface area contributed by atoms with Gasteiger partial charge >= 0.3 is 0 Å². The summed E-state index contributed by atoms with van der Waals surface area (Å²) in [5, 5.41) is 3.54. The van der Waals surface area contributed by atoms with E-state index in [-0.39, 0.29) is 0 Å². The fourth-order valence-corrected chi connectivity index (χ4v) is 3.11. The van der Waals surface area contributed by atoms with Crippen molar-refractivity contribution in [2.24, 2.45) is 0 Å². The molecule has 0 aliphatic carbocycles. The molecule has 0 saturated carbocycles. The van der Waals surface area contributed by atoms with Crippen LogP contribution in [0, 0.1) is 0 Å². The first-order valence-corrected chi connectivity index (χ1v) is 7.44. The summed E-state index contributed by atoms with van der Waals surface area (Å²) >= 11 is 0. The van der Waals surface area contributed by atoms with Gasteiger partial charge in [0.15, 0.2) is 0 Å². The minimum Gasteiger partial charge on any atom is -0.374 e. The highest BCUT2D eigenvalue weighted by Crippen LogP contribution is 2.23. The Bertz CT molecular complexity index is 400. The summed E-state index contributed by atoms with van der Waals surface area (Å²) in [4.78, 5) is 6.78. The first kappa shape index (κ1) is 13.1. The van der Waals surface area contributed by atoms with Gasteiger partial charge in [0.25, 0.3) is 0 Å². The molecule has 0 aromatic carbocycles. The van der Waals surface area contributed by atoms with Crippen LogP contribution in [0.4, 0.5) is 0 Å². The Hall–Kier alpha value is -0.910. The van der Waals surface area contributed by atoms with Crippen molar-refractivity contribution in [3.8, 4) is 0 Å². The number of likely N-dealkylation sites (N-methyl/N-ethyl adjacent to an activating group) is 1. The van der Waals surface area contributed by atoms with E-state index in [1.54, 1.807) is 0 Å². The van der Waals surface area contributed by atoms with Gasteiger partial charge < -0.3 is 14.6 Å². The number of imidazole rings is 1. The largest absolute Gasteiger partial charge is 0.374 e. The Morgan fingerprint density at radius 3 is 3.26 bits per heavy atom. The molecule has 19 heavy (non-hydrogen) atoms.